The van der Waals surface area contributed by atoms with Crippen molar-refractivity contribution >= 4 is 0 Å². The molecule has 0 aliphatic rings. The van der Waals surface area contributed by atoms with Crippen LogP contribution < -0.4 is 9.47 Å². The summed E-state index contributed by atoms with van der Waals surface area (Å²) in [4.78, 5) is 0. The minimum atomic E-state index is 0.447. The largest absolute Gasteiger partial charge is 0.491 e. The molecule has 74 heavy (non-hydrogen) atoms. The van der Waals surface area contributed by atoms with Gasteiger partial charge in [-0.15, -0.1) is 0 Å². The molecule has 0 N–H and O–H groups in total. The molecule has 16 nitrogen and oxygen atoms in total. The van der Waals surface area contributed by atoms with Gasteiger partial charge in [0.1, 0.15) is 24.7 Å². The highest BCUT2D eigenvalue weighted by Crippen LogP contribution is 2.24. The van der Waals surface area contributed by atoms with Gasteiger partial charge in [-0.2, -0.15) is 0 Å². The van der Waals surface area contributed by atoms with Gasteiger partial charge in [0.25, 0.3) is 0 Å². The molecule has 0 radical (unpaired) electrons. The average molecular weight is 1030 g/mol. The molecule has 16 heteroatoms. The van der Waals surface area contributed by atoms with Crippen LogP contribution in [0.4, 0.5) is 0 Å². The summed E-state index contributed by atoms with van der Waals surface area (Å²) in [5.74, 6) is 13.8. The van der Waals surface area contributed by atoms with E-state index in [2.05, 4.69) is 47.9 Å². The Morgan fingerprint density at radius 2 is 0.419 bits per heavy atom. The molecular formula is C58H78O16. The Balaban J connectivity index is 0.956. The molecule has 4 aromatic carbocycles. The van der Waals surface area contributed by atoms with E-state index >= 15 is 0 Å². The summed E-state index contributed by atoms with van der Waals surface area (Å²) < 4.78 is 87.4. The molecule has 0 bridgehead atoms. The maximum absolute atomic E-state index is 5.85. The minimum absolute atomic E-state index is 0.447. The van der Waals surface area contributed by atoms with Gasteiger partial charge in [0.15, 0.2) is 0 Å². The monoisotopic (exact) mass is 1030 g/mol. The predicted molar refractivity (Wildman–Crippen MR) is 282 cm³/mol. The first-order valence-electron chi connectivity index (χ1n) is 25.3. The highest BCUT2D eigenvalue weighted by atomic mass is 16.6. The Bertz CT molecular complexity index is 1900. The van der Waals surface area contributed by atoms with Gasteiger partial charge in [0.05, 0.1) is 172 Å². The van der Waals surface area contributed by atoms with E-state index in [9.17, 15) is 0 Å². The van der Waals surface area contributed by atoms with Crippen LogP contribution in [0.3, 0.4) is 0 Å². The molecule has 0 aliphatic heterocycles. The lowest BCUT2D eigenvalue weighted by Crippen LogP contribution is -2.15. The van der Waals surface area contributed by atoms with Gasteiger partial charge in [-0.05, 0) is 82.6 Å². The van der Waals surface area contributed by atoms with Crippen LogP contribution in [0.5, 0.6) is 11.5 Å². The van der Waals surface area contributed by atoms with Gasteiger partial charge >= 0.3 is 0 Å². The van der Waals surface area contributed by atoms with Crippen LogP contribution in [-0.4, -0.2) is 199 Å². The summed E-state index contributed by atoms with van der Waals surface area (Å²) in [6.07, 6.45) is 0. The summed E-state index contributed by atoms with van der Waals surface area (Å²) in [5, 5.41) is 0. The molecule has 0 amide bonds. The van der Waals surface area contributed by atoms with Crippen molar-refractivity contribution in [2.75, 3.05) is 199 Å². The maximum atomic E-state index is 5.85. The lowest BCUT2D eigenvalue weighted by Gasteiger charge is -2.09. The minimum Gasteiger partial charge on any atom is -0.491 e. The molecule has 4 aromatic rings. The van der Waals surface area contributed by atoms with Gasteiger partial charge in [-0.3, -0.25) is 0 Å². The maximum Gasteiger partial charge on any atom is 0.119 e. The van der Waals surface area contributed by atoms with Crippen LogP contribution in [0.1, 0.15) is 11.1 Å². The molecule has 0 atom stereocenters. The Hall–Kier alpha value is -4.96. The van der Waals surface area contributed by atoms with Crippen molar-refractivity contribution in [2.24, 2.45) is 0 Å². The van der Waals surface area contributed by atoms with Crippen LogP contribution in [0.15, 0.2) is 97.1 Å². The number of hydrogen-bond donors (Lipinski definition) is 0. The van der Waals surface area contributed by atoms with Crippen LogP contribution >= 0.6 is 0 Å². The Morgan fingerprint density at radius 1 is 0.230 bits per heavy atom. The van der Waals surface area contributed by atoms with Crippen molar-refractivity contribution in [3.8, 4) is 57.4 Å². The van der Waals surface area contributed by atoms with E-state index in [0.717, 1.165) is 44.9 Å². The number of ether oxygens (including phenoxy) is 16. The molecule has 0 fully saturated rings. The zero-order chi connectivity index (χ0) is 51.9. The SMILES string of the molecule is COCCOCCOCCOCCOCCOCCOCCOc1ccc(-c2ccc(C#CC#Cc3ccc(-c4ccc(OCCOCCOCCOCCOCCOCCOCCOC)cc4)cc3)cc2)cc1. The fourth-order valence-corrected chi connectivity index (χ4v) is 6.31. The normalized spacial score (nSPS) is 11.0. The number of methoxy groups -OCH3 is 2. The van der Waals surface area contributed by atoms with E-state index < -0.39 is 0 Å². The second-order valence-corrected chi connectivity index (χ2v) is 15.7. The fourth-order valence-electron chi connectivity index (χ4n) is 6.31. The first kappa shape index (κ1) is 61.6. The van der Waals surface area contributed by atoms with Crippen molar-refractivity contribution in [1.29, 1.82) is 0 Å². The molecule has 0 unspecified atom stereocenters. The van der Waals surface area contributed by atoms with Crippen molar-refractivity contribution in [3.05, 3.63) is 108 Å². The molecule has 0 heterocycles. The van der Waals surface area contributed by atoms with Gasteiger partial charge in [-0.25, -0.2) is 0 Å². The van der Waals surface area contributed by atoms with Crippen molar-refractivity contribution in [1.82, 2.24) is 0 Å². The van der Waals surface area contributed by atoms with Crippen LogP contribution in [0.2, 0.25) is 0 Å². The molecule has 0 aromatic heterocycles. The summed E-state index contributed by atoms with van der Waals surface area (Å²) >= 11 is 0. The molecular weight excluding hydrogens is 953 g/mol. The first-order chi connectivity index (χ1) is 36.7. The number of hydrogen-bond acceptors (Lipinski definition) is 16. The predicted octanol–water partition coefficient (Wildman–Crippen LogP) is 6.67. The average Bonchev–Trinajstić information content (AvgIpc) is 3.43. The van der Waals surface area contributed by atoms with Crippen molar-refractivity contribution in [2.45, 2.75) is 0 Å². The molecule has 4 rings (SSSR count). The third-order valence-electron chi connectivity index (χ3n) is 10.2. The third-order valence-corrected chi connectivity index (χ3v) is 10.2. The topological polar surface area (TPSA) is 148 Å². The van der Waals surface area contributed by atoms with Gasteiger partial charge in [0.2, 0.25) is 0 Å². The van der Waals surface area contributed by atoms with Gasteiger partial charge in [-0.1, -0.05) is 60.4 Å². The Kier molecular flexibility index (Phi) is 36.9. The second kappa shape index (κ2) is 44.3. The highest BCUT2D eigenvalue weighted by molar-refractivity contribution is 5.66. The zero-order valence-electron chi connectivity index (χ0n) is 43.6. The van der Waals surface area contributed by atoms with E-state index in [1.165, 1.54) is 0 Å². The molecule has 0 saturated carbocycles. The van der Waals surface area contributed by atoms with E-state index in [1.54, 1.807) is 14.2 Å². The van der Waals surface area contributed by atoms with Gasteiger partial charge in [0, 0.05) is 25.3 Å². The lowest BCUT2D eigenvalue weighted by molar-refractivity contribution is -0.0199. The summed E-state index contributed by atoms with van der Waals surface area (Å²) in [5.41, 5.74) is 6.13. The molecule has 406 valence electrons. The Morgan fingerprint density at radius 3 is 0.635 bits per heavy atom. The Labute approximate surface area is 439 Å². The van der Waals surface area contributed by atoms with E-state index in [4.69, 9.17) is 75.8 Å². The van der Waals surface area contributed by atoms with E-state index in [1.807, 2.05) is 72.8 Å². The number of rotatable bonds is 46. The van der Waals surface area contributed by atoms with Crippen molar-refractivity contribution in [3.63, 3.8) is 0 Å². The lowest BCUT2D eigenvalue weighted by atomic mass is 10.0. The van der Waals surface area contributed by atoms with E-state index in [0.29, 0.717) is 185 Å². The molecule has 0 saturated heterocycles. The zero-order valence-corrected chi connectivity index (χ0v) is 43.6. The third kappa shape index (κ3) is 31.7. The summed E-state index contributed by atoms with van der Waals surface area (Å²) in [6, 6.07) is 32.2. The molecule has 0 aliphatic carbocycles. The van der Waals surface area contributed by atoms with Crippen molar-refractivity contribution < 1.29 is 75.8 Å². The number of benzene rings is 4. The quantitative estimate of drug-likeness (QED) is 0.0343. The smallest absolute Gasteiger partial charge is 0.119 e. The van der Waals surface area contributed by atoms with Crippen LogP contribution in [0, 0.1) is 23.7 Å². The fraction of sp³-hybridized carbons (Fsp3) is 0.517. The second-order valence-electron chi connectivity index (χ2n) is 15.7. The molecule has 0 spiro atoms. The first-order valence-corrected chi connectivity index (χ1v) is 25.3. The van der Waals surface area contributed by atoms with Crippen LogP contribution in [-0.2, 0) is 66.3 Å². The standard InChI is InChI=1S/C58H78O16/c1-59-23-25-61-27-29-63-31-33-65-35-37-67-39-41-69-43-45-71-47-49-73-57-19-15-55(16-20-57)53-11-7-51(8-12-53)5-3-4-6-52-9-13-54(14-10-52)56-17-21-58(22-18-56)74-50-48-72-46-44-70-42-40-68-38-36-66-34-32-64-30-28-62-26-24-60-2/h7-22H,23-50H2,1-2H3. The highest BCUT2D eigenvalue weighted by Gasteiger charge is 2.03. The van der Waals surface area contributed by atoms with Crippen LogP contribution in [0.25, 0.3) is 22.3 Å². The summed E-state index contributed by atoms with van der Waals surface area (Å²) in [7, 11) is 3.29. The van der Waals surface area contributed by atoms with E-state index in [-0.39, 0.29) is 0 Å². The summed E-state index contributed by atoms with van der Waals surface area (Å²) in [6.45, 7) is 14.4. The van der Waals surface area contributed by atoms with Gasteiger partial charge < -0.3 is 75.8 Å².